The van der Waals surface area contributed by atoms with Crippen LogP contribution >= 0.6 is 0 Å². The van der Waals surface area contributed by atoms with Gasteiger partial charge in [0.05, 0.1) is 5.92 Å². The molecule has 19 heavy (non-hydrogen) atoms. The molecule has 2 aromatic rings. The Kier molecular flexibility index (Phi) is 4.31. The zero-order valence-electron chi connectivity index (χ0n) is 11.9. The second kappa shape index (κ2) is 5.97. The minimum absolute atomic E-state index is 0.224. The lowest BCUT2D eigenvalue weighted by Gasteiger charge is -2.19. The zero-order valence-corrected chi connectivity index (χ0v) is 11.9. The molecule has 0 aliphatic rings. The number of nitrogens with one attached hydrogen (secondary N) is 1. The van der Waals surface area contributed by atoms with E-state index in [0.717, 1.165) is 18.8 Å². The van der Waals surface area contributed by atoms with Crippen molar-refractivity contribution in [2.75, 3.05) is 6.54 Å². The summed E-state index contributed by atoms with van der Waals surface area (Å²) in [6.07, 6.45) is 4.55. The number of nitrogens with zero attached hydrogens (tertiary/aromatic N) is 4. The van der Waals surface area contributed by atoms with Gasteiger partial charge in [0, 0.05) is 25.5 Å². The minimum atomic E-state index is 0.224. The Morgan fingerprint density at radius 3 is 2.79 bits per heavy atom. The largest absolute Gasteiger partial charge is 0.338 e. The first-order valence-corrected chi connectivity index (χ1v) is 6.72. The van der Waals surface area contributed by atoms with E-state index < -0.39 is 0 Å². The summed E-state index contributed by atoms with van der Waals surface area (Å²) < 4.78 is 7.29. The van der Waals surface area contributed by atoms with Crippen LogP contribution < -0.4 is 5.32 Å². The van der Waals surface area contributed by atoms with Gasteiger partial charge in [-0.1, -0.05) is 19.0 Å². The maximum atomic E-state index is 5.41. The summed E-state index contributed by atoms with van der Waals surface area (Å²) in [5, 5.41) is 7.44. The van der Waals surface area contributed by atoms with Crippen molar-refractivity contribution in [1.29, 1.82) is 0 Å². The molecule has 0 bridgehead atoms. The first kappa shape index (κ1) is 13.7. The highest BCUT2D eigenvalue weighted by atomic mass is 16.5. The van der Waals surface area contributed by atoms with E-state index in [1.54, 1.807) is 6.20 Å². The Bertz CT molecular complexity index is 519. The van der Waals surface area contributed by atoms with Gasteiger partial charge in [-0.05, 0) is 19.9 Å². The van der Waals surface area contributed by atoms with Crippen molar-refractivity contribution in [3.63, 3.8) is 0 Å². The lowest BCUT2D eigenvalue weighted by molar-refractivity contribution is 0.318. The van der Waals surface area contributed by atoms with E-state index in [2.05, 4.69) is 41.2 Å². The maximum Gasteiger partial charge on any atom is 0.238 e. The van der Waals surface area contributed by atoms with Crippen LogP contribution in [-0.4, -0.2) is 32.3 Å². The fraction of sp³-hybridized carbons (Fsp3) is 0.615. The molecule has 2 rings (SSSR count). The average molecular weight is 263 g/mol. The van der Waals surface area contributed by atoms with Crippen LogP contribution in [-0.2, 0) is 7.05 Å². The molecule has 0 saturated carbocycles. The molecule has 104 valence electrons. The van der Waals surface area contributed by atoms with Crippen molar-refractivity contribution in [3.8, 4) is 11.6 Å². The number of aromatic nitrogens is 4. The molecule has 2 aromatic heterocycles. The molecule has 2 heterocycles. The molecule has 0 spiro atoms. The number of imidazole rings is 1. The lowest BCUT2D eigenvalue weighted by Crippen LogP contribution is -2.31. The Labute approximate surface area is 113 Å². The normalized spacial score (nSPS) is 14.5. The number of hydrogen-bond acceptors (Lipinski definition) is 5. The average Bonchev–Trinajstić information content (AvgIpc) is 2.99. The van der Waals surface area contributed by atoms with Crippen LogP contribution in [0.2, 0.25) is 0 Å². The smallest absolute Gasteiger partial charge is 0.238 e. The van der Waals surface area contributed by atoms with Gasteiger partial charge in [-0.2, -0.15) is 4.98 Å². The number of hydrogen-bond donors (Lipinski definition) is 1. The van der Waals surface area contributed by atoms with Crippen LogP contribution in [0.5, 0.6) is 0 Å². The highest BCUT2D eigenvalue weighted by Crippen LogP contribution is 2.24. The van der Waals surface area contributed by atoms with Crippen molar-refractivity contribution in [1.82, 2.24) is 25.0 Å². The van der Waals surface area contributed by atoms with E-state index in [4.69, 9.17) is 4.52 Å². The first-order chi connectivity index (χ1) is 9.17. The molecule has 0 aliphatic carbocycles. The van der Waals surface area contributed by atoms with Gasteiger partial charge in [0.1, 0.15) is 0 Å². The summed E-state index contributed by atoms with van der Waals surface area (Å²) in [4.78, 5) is 8.71. The Balaban J connectivity index is 2.22. The summed E-state index contributed by atoms with van der Waals surface area (Å²) in [5.41, 5.74) is 0. The van der Waals surface area contributed by atoms with Crippen LogP contribution in [0.3, 0.4) is 0 Å². The fourth-order valence-electron chi connectivity index (χ4n) is 2.26. The molecular weight excluding hydrogens is 242 g/mol. The summed E-state index contributed by atoms with van der Waals surface area (Å²) in [7, 11) is 1.91. The topological polar surface area (TPSA) is 68.8 Å². The third-order valence-electron chi connectivity index (χ3n) is 3.35. The SMILES string of the molecule is CCNC(C)C(CC)c1nc(-c2nccn2C)no1. The van der Waals surface area contributed by atoms with Crippen molar-refractivity contribution >= 4 is 0 Å². The van der Waals surface area contributed by atoms with Crippen molar-refractivity contribution in [2.45, 2.75) is 39.2 Å². The quantitative estimate of drug-likeness (QED) is 0.862. The standard InChI is InChI=1S/C13H21N5O/c1-5-10(9(3)14-6-2)13-16-11(17-19-13)12-15-7-8-18(12)4/h7-10,14H,5-6H2,1-4H3. The van der Waals surface area contributed by atoms with E-state index in [1.807, 2.05) is 17.8 Å². The van der Waals surface area contributed by atoms with Gasteiger partial charge in [-0.3, -0.25) is 0 Å². The summed E-state index contributed by atoms with van der Waals surface area (Å²) in [6, 6.07) is 0.310. The molecule has 0 saturated heterocycles. The van der Waals surface area contributed by atoms with Crippen molar-refractivity contribution in [3.05, 3.63) is 18.3 Å². The van der Waals surface area contributed by atoms with Crippen LogP contribution in [0.25, 0.3) is 11.6 Å². The van der Waals surface area contributed by atoms with Gasteiger partial charge in [0.25, 0.3) is 0 Å². The zero-order chi connectivity index (χ0) is 13.8. The van der Waals surface area contributed by atoms with E-state index in [-0.39, 0.29) is 5.92 Å². The monoisotopic (exact) mass is 263 g/mol. The lowest BCUT2D eigenvalue weighted by atomic mass is 9.98. The molecule has 2 atom stereocenters. The molecule has 0 aromatic carbocycles. The number of likely N-dealkylation sites (N-methyl/N-ethyl adjacent to an activating group) is 1. The van der Waals surface area contributed by atoms with Gasteiger partial charge in [-0.15, -0.1) is 0 Å². The van der Waals surface area contributed by atoms with E-state index in [9.17, 15) is 0 Å². The van der Waals surface area contributed by atoms with Crippen LogP contribution in [0.4, 0.5) is 0 Å². The molecule has 0 fully saturated rings. The summed E-state index contributed by atoms with van der Waals surface area (Å²) in [5.74, 6) is 2.17. The Morgan fingerprint density at radius 2 is 2.21 bits per heavy atom. The molecule has 1 N–H and O–H groups in total. The third-order valence-corrected chi connectivity index (χ3v) is 3.35. The molecular formula is C13H21N5O. The van der Waals surface area contributed by atoms with Gasteiger partial charge in [0.15, 0.2) is 5.82 Å². The van der Waals surface area contributed by atoms with Crippen molar-refractivity contribution in [2.24, 2.45) is 7.05 Å². The van der Waals surface area contributed by atoms with Crippen LogP contribution in [0, 0.1) is 0 Å². The highest BCUT2D eigenvalue weighted by Gasteiger charge is 2.24. The highest BCUT2D eigenvalue weighted by molar-refractivity contribution is 5.42. The van der Waals surface area contributed by atoms with Crippen molar-refractivity contribution < 1.29 is 4.52 Å². The van der Waals surface area contributed by atoms with E-state index >= 15 is 0 Å². The van der Waals surface area contributed by atoms with Gasteiger partial charge in [-0.25, -0.2) is 4.98 Å². The Morgan fingerprint density at radius 1 is 1.42 bits per heavy atom. The Hall–Kier alpha value is -1.69. The van der Waals surface area contributed by atoms with E-state index in [0.29, 0.717) is 17.8 Å². The van der Waals surface area contributed by atoms with Gasteiger partial charge < -0.3 is 14.4 Å². The maximum absolute atomic E-state index is 5.41. The minimum Gasteiger partial charge on any atom is -0.338 e. The van der Waals surface area contributed by atoms with Crippen LogP contribution in [0.15, 0.2) is 16.9 Å². The van der Waals surface area contributed by atoms with Gasteiger partial charge >= 0.3 is 0 Å². The molecule has 6 heteroatoms. The first-order valence-electron chi connectivity index (χ1n) is 6.72. The number of aryl methyl sites for hydroxylation is 1. The van der Waals surface area contributed by atoms with Crippen LogP contribution in [0.1, 0.15) is 39.0 Å². The van der Waals surface area contributed by atoms with Gasteiger partial charge in [0.2, 0.25) is 11.7 Å². The number of rotatable bonds is 6. The summed E-state index contributed by atoms with van der Waals surface area (Å²) >= 11 is 0. The molecule has 0 radical (unpaired) electrons. The second-order valence-corrected chi connectivity index (χ2v) is 4.68. The molecule has 6 nitrogen and oxygen atoms in total. The van der Waals surface area contributed by atoms with E-state index in [1.165, 1.54) is 0 Å². The predicted molar refractivity (Wildman–Crippen MR) is 72.7 cm³/mol. The summed E-state index contributed by atoms with van der Waals surface area (Å²) in [6.45, 7) is 7.29. The predicted octanol–water partition coefficient (Wildman–Crippen LogP) is 1.96. The molecule has 0 amide bonds. The third kappa shape index (κ3) is 2.84. The molecule has 0 aliphatic heterocycles. The molecule has 2 unspecified atom stereocenters. The fourth-order valence-corrected chi connectivity index (χ4v) is 2.26. The second-order valence-electron chi connectivity index (χ2n) is 4.68.